The molecule has 21 heavy (non-hydrogen) atoms. The topological polar surface area (TPSA) is 49.7 Å². The predicted molar refractivity (Wildman–Crippen MR) is 91.2 cm³/mol. The average Bonchev–Trinajstić information content (AvgIpc) is 2.49. The van der Waals surface area contributed by atoms with Crippen LogP contribution in [0.1, 0.15) is 5.56 Å². The van der Waals surface area contributed by atoms with Gasteiger partial charge in [0.1, 0.15) is 0 Å². The fraction of sp³-hybridized carbons (Fsp3) is 0. The molecule has 0 spiro atoms. The molecule has 0 saturated heterocycles. The van der Waals surface area contributed by atoms with Gasteiger partial charge in [0, 0.05) is 20.8 Å². The number of hydrogen-bond donors (Lipinski definition) is 1. The Morgan fingerprint density at radius 3 is 2.62 bits per heavy atom. The van der Waals surface area contributed by atoms with Gasteiger partial charge in [0.05, 0.1) is 11.3 Å². The molecule has 104 valence electrons. The van der Waals surface area contributed by atoms with E-state index in [-0.39, 0.29) is 16.1 Å². The molecular formula is C16H10BrNO2S. The molecule has 0 radical (unpaired) electrons. The van der Waals surface area contributed by atoms with E-state index in [0.29, 0.717) is 11.1 Å². The zero-order chi connectivity index (χ0) is 14.8. The highest BCUT2D eigenvalue weighted by molar-refractivity contribution is 9.10. The van der Waals surface area contributed by atoms with Crippen LogP contribution in [-0.4, -0.2) is 11.3 Å². The van der Waals surface area contributed by atoms with E-state index in [0.717, 1.165) is 9.17 Å². The summed E-state index contributed by atoms with van der Waals surface area (Å²) in [7, 11) is 0. The van der Waals surface area contributed by atoms with Crippen LogP contribution in [0.3, 0.4) is 0 Å². The van der Waals surface area contributed by atoms with E-state index in [1.807, 2.05) is 42.5 Å². The number of benzene rings is 2. The highest BCUT2D eigenvalue weighted by Gasteiger charge is 2.09. The first-order valence-corrected chi connectivity index (χ1v) is 7.81. The maximum absolute atomic E-state index is 12.4. The molecule has 0 unspecified atom stereocenters. The van der Waals surface area contributed by atoms with Gasteiger partial charge in [-0.3, -0.25) is 9.79 Å². The zero-order valence-electron chi connectivity index (χ0n) is 10.8. The summed E-state index contributed by atoms with van der Waals surface area (Å²) < 4.78 is 1.59. The summed E-state index contributed by atoms with van der Waals surface area (Å²) in [5.74, 6) is 0. The van der Waals surface area contributed by atoms with Gasteiger partial charge in [0.25, 0.3) is 0 Å². The highest BCUT2D eigenvalue weighted by Crippen LogP contribution is 2.28. The first-order chi connectivity index (χ1) is 10.2. The monoisotopic (exact) mass is 359 g/mol. The van der Waals surface area contributed by atoms with Crippen molar-refractivity contribution in [2.24, 2.45) is 4.99 Å². The average molecular weight is 360 g/mol. The minimum absolute atomic E-state index is 0.0190. The van der Waals surface area contributed by atoms with Crippen molar-refractivity contribution in [3.8, 4) is 5.06 Å². The van der Waals surface area contributed by atoms with Crippen LogP contribution in [0.15, 0.2) is 62.8 Å². The largest absolute Gasteiger partial charge is 0.499 e. The molecule has 1 N–H and O–H groups in total. The molecule has 0 amide bonds. The third-order valence-electron chi connectivity index (χ3n) is 3.00. The molecule has 5 heteroatoms. The van der Waals surface area contributed by atoms with Gasteiger partial charge in [-0.15, -0.1) is 0 Å². The third kappa shape index (κ3) is 2.75. The Morgan fingerprint density at radius 1 is 1.10 bits per heavy atom. The quantitative estimate of drug-likeness (QED) is 0.685. The number of rotatable bonds is 2. The summed E-state index contributed by atoms with van der Waals surface area (Å²) in [6.07, 6.45) is 1.42. The van der Waals surface area contributed by atoms with Gasteiger partial charge in [-0.05, 0) is 40.2 Å². The Labute approximate surface area is 133 Å². The molecule has 3 nitrogen and oxygen atoms in total. The van der Waals surface area contributed by atoms with Crippen LogP contribution >= 0.6 is 27.3 Å². The second kappa shape index (κ2) is 5.79. The van der Waals surface area contributed by atoms with E-state index in [1.165, 1.54) is 17.6 Å². The summed E-state index contributed by atoms with van der Waals surface area (Å²) in [6, 6.07) is 14.7. The number of para-hydroxylation sites is 1. The highest BCUT2D eigenvalue weighted by atomic mass is 79.9. The van der Waals surface area contributed by atoms with Crippen molar-refractivity contribution >= 4 is 49.3 Å². The van der Waals surface area contributed by atoms with Crippen LogP contribution < -0.4 is 5.43 Å². The normalized spacial score (nSPS) is 11.3. The molecule has 0 aliphatic rings. The summed E-state index contributed by atoms with van der Waals surface area (Å²) in [6.45, 7) is 0. The van der Waals surface area contributed by atoms with E-state index in [9.17, 15) is 9.90 Å². The number of fused-ring (bicyclic) bond motifs is 1. The van der Waals surface area contributed by atoms with Gasteiger partial charge < -0.3 is 5.11 Å². The van der Waals surface area contributed by atoms with Crippen LogP contribution in [0.25, 0.3) is 10.1 Å². The minimum Gasteiger partial charge on any atom is -0.499 e. The molecule has 1 aromatic heterocycles. The Hall–Kier alpha value is -1.98. The van der Waals surface area contributed by atoms with E-state index in [2.05, 4.69) is 20.9 Å². The lowest BCUT2D eigenvalue weighted by Gasteiger charge is -2.01. The first kappa shape index (κ1) is 14.0. The van der Waals surface area contributed by atoms with Crippen LogP contribution in [0.5, 0.6) is 5.06 Å². The van der Waals surface area contributed by atoms with Gasteiger partial charge >= 0.3 is 0 Å². The molecule has 0 atom stereocenters. The number of nitrogens with zero attached hydrogens (tertiary/aromatic N) is 1. The van der Waals surface area contributed by atoms with Crippen molar-refractivity contribution in [1.29, 1.82) is 0 Å². The lowest BCUT2D eigenvalue weighted by molar-refractivity contribution is 0.489. The molecule has 0 aliphatic heterocycles. The minimum atomic E-state index is -0.211. The van der Waals surface area contributed by atoms with E-state index in [1.54, 1.807) is 6.07 Å². The Balaban J connectivity index is 2.13. The van der Waals surface area contributed by atoms with Gasteiger partial charge in [-0.25, -0.2) is 0 Å². The van der Waals surface area contributed by atoms with Crippen LogP contribution in [-0.2, 0) is 0 Å². The van der Waals surface area contributed by atoms with Gasteiger partial charge in [-0.1, -0.05) is 35.6 Å². The summed E-state index contributed by atoms with van der Waals surface area (Å²) in [5.41, 5.74) is 0.710. The molecule has 1 heterocycles. The van der Waals surface area contributed by atoms with Crippen molar-refractivity contribution in [3.05, 3.63) is 68.8 Å². The predicted octanol–water partition coefficient (Wildman–Crippen LogP) is 4.48. The van der Waals surface area contributed by atoms with E-state index in [4.69, 9.17) is 0 Å². The van der Waals surface area contributed by atoms with Crippen molar-refractivity contribution in [2.75, 3.05) is 0 Å². The smallest absolute Gasteiger partial charge is 0.200 e. The third-order valence-corrected chi connectivity index (χ3v) is 4.66. The second-order valence-corrected chi connectivity index (χ2v) is 6.24. The molecule has 0 fully saturated rings. The van der Waals surface area contributed by atoms with Crippen LogP contribution in [0.2, 0.25) is 0 Å². The summed E-state index contributed by atoms with van der Waals surface area (Å²) in [4.78, 5) is 16.7. The molecule has 3 aromatic rings. The van der Waals surface area contributed by atoms with Crippen LogP contribution in [0.4, 0.5) is 5.69 Å². The maximum Gasteiger partial charge on any atom is 0.200 e. The SMILES string of the molecule is O=c1c(C=Nc2ccccc2Br)c(O)sc2ccccc12. The lowest BCUT2D eigenvalue weighted by Crippen LogP contribution is -2.07. The number of hydrogen-bond acceptors (Lipinski definition) is 4. The van der Waals surface area contributed by atoms with Gasteiger partial charge in [0.15, 0.2) is 5.06 Å². The van der Waals surface area contributed by atoms with Crippen molar-refractivity contribution < 1.29 is 5.11 Å². The fourth-order valence-corrected chi connectivity index (χ4v) is 3.22. The van der Waals surface area contributed by atoms with E-state index >= 15 is 0 Å². The Kier molecular flexibility index (Phi) is 3.86. The fourth-order valence-electron chi connectivity index (χ4n) is 1.95. The van der Waals surface area contributed by atoms with Crippen molar-refractivity contribution in [1.82, 2.24) is 0 Å². The molecule has 2 aromatic carbocycles. The number of aromatic hydroxyl groups is 1. The lowest BCUT2D eigenvalue weighted by atomic mass is 10.2. The molecule has 0 aliphatic carbocycles. The maximum atomic E-state index is 12.4. The summed E-state index contributed by atoms with van der Waals surface area (Å²) in [5, 5.41) is 10.6. The van der Waals surface area contributed by atoms with Crippen LogP contribution in [0, 0.1) is 0 Å². The molecular weight excluding hydrogens is 350 g/mol. The van der Waals surface area contributed by atoms with Gasteiger partial charge in [0.2, 0.25) is 5.43 Å². The second-order valence-electron chi connectivity index (χ2n) is 4.36. The number of aliphatic imine (C=N–C) groups is 1. The number of halogens is 1. The van der Waals surface area contributed by atoms with Gasteiger partial charge in [-0.2, -0.15) is 0 Å². The standard InChI is InChI=1S/C16H10BrNO2S/c17-12-6-2-3-7-13(12)18-9-11-15(19)10-5-1-4-8-14(10)21-16(11)20/h1-9,20H. The first-order valence-electron chi connectivity index (χ1n) is 6.20. The Morgan fingerprint density at radius 2 is 1.81 bits per heavy atom. The van der Waals surface area contributed by atoms with E-state index < -0.39 is 0 Å². The molecule has 0 bridgehead atoms. The van der Waals surface area contributed by atoms with Crippen molar-refractivity contribution in [2.45, 2.75) is 0 Å². The summed E-state index contributed by atoms with van der Waals surface area (Å²) >= 11 is 4.57. The van der Waals surface area contributed by atoms with Crippen molar-refractivity contribution in [3.63, 3.8) is 0 Å². The zero-order valence-corrected chi connectivity index (χ0v) is 13.2. The molecule has 3 rings (SSSR count). The molecule has 0 saturated carbocycles. The Bertz CT molecular complexity index is 902.